The van der Waals surface area contributed by atoms with E-state index in [0.29, 0.717) is 15.9 Å². The van der Waals surface area contributed by atoms with E-state index in [1.54, 1.807) is 11.3 Å². The number of halogens is 2. The SMILES string of the molecule is CC(Sc1nc2ccccc2s1)C(=O)Nc1ncc(Cl)cc1Cl. The number of fused-ring (bicyclic) bond motifs is 1. The molecule has 0 bridgehead atoms. The molecule has 0 saturated heterocycles. The van der Waals surface area contributed by atoms with Crippen LogP contribution in [0.4, 0.5) is 5.82 Å². The largest absolute Gasteiger partial charge is 0.308 e. The highest BCUT2D eigenvalue weighted by molar-refractivity contribution is 8.02. The van der Waals surface area contributed by atoms with Crippen molar-refractivity contribution in [1.29, 1.82) is 0 Å². The minimum Gasteiger partial charge on any atom is -0.308 e. The number of benzene rings is 1. The number of aromatic nitrogens is 2. The molecule has 0 spiro atoms. The number of hydrogen-bond donors (Lipinski definition) is 1. The van der Waals surface area contributed by atoms with Crippen LogP contribution >= 0.6 is 46.3 Å². The molecule has 0 aliphatic carbocycles. The van der Waals surface area contributed by atoms with Crippen LogP contribution in [-0.2, 0) is 4.79 Å². The van der Waals surface area contributed by atoms with Gasteiger partial charge in [-0.15, -0.1) is 11.3 Å². The Morgan fingerprint density at radius 3 is 2.87 bits per heavy atom. The molecule has 118 valence electrons. The summed E-state index contributed by atoms with van der Waals surface area (Å²) in [5.41, 5.74) is 0.940. The zero-order chi connectivity index (χ0) is 16.4. The van der Waals surface area contributed by atoms with E-state index in [0.717, 1.165) is 14.6 Å². The van der Waals surface area contributed by atoms with Gasteiger partial charge in [0.05, 0.1) is 25.5 Å². The molecular weight excluding hydrogens is 373 g/mol. The lowest BCUT2D eigenvalue weighted by Crippen LogP contribution is -2.23. The number of thiazole rings is 1. The lowest BCUT2D eigenvalue weighted by Gasteiger charge is -2.10. The molecule has 0 aliphatic rings. The summed E-state index contributed by atoms with van der Waals surface area (Å²) >= 11 is 14.8. The van der Waals surface area contributed by atoms with Gasteiger partial charge in [0.25, 0.3) is 0 Å². The maximum atomic E-state index is 12.3. The minimum atomic E-state index is -0.330. The standard InChI is InChI=1S/C15H11Cl2N3OS2/c1-8(14(21)20-13-10(17)6-9(16)7-18-13)22-15-19-11-4-2-3-5-12(11)23-15/h2-8H,1H3,(H,18,20,21). The molecule has 1 N–H and O–H groups in total. The summed E-state index contributed by atoms with van der Waals surface area (Å²) < 4.78 is 1.95. The van der Waals surface area contributed by atoms with E-state index >= 15 is 0 Å². The predicted octanol–water partition coefficient (Wildman–Crippen LogP) is 5.12. The zero-order valence-corrected chi connectivity index (χ0v) is 15.1. The summed E-state index contributed by atoms with van der Waals surface area (Å²) in [5, 5.41) is 3.11. The number of para-hydroxylation sites is 1. The number of rotatable bonds is 4. The maximum Gasteiger partial charge on any atom is 0.238 e. The maximum absolute atomic E-state index is 12.3. The van der Waals surface area contributed by atoms with Gasteiger partial charge in [0.2, 0.25) is 5.91 Å². The molecule has 2 aromatic heterocycles. The fourth-order valence-corrected chi connectivity index (χ4v) is 4.47. The van der Waals surface area contributed by atoms with Crippen molar-refractivity contribution in [1.82, 2.24) is 9.97 Å². The van der Waals surface area contributed by atoms with Crippen LogP contribution in [0.25, 0.3) is 10.2 Å². The van der Waals surface area contributed by atoms with Gasteiger partial charge >= 0.3 is 0 Å². The molecule has 0 fully saturated rings. The van der Waals surface area contributed by atoms with Crippen molar-refractivity contribution in [3.8, 4) is 0 Å². The number of carbonyl (C=O) groups excluding carboxylic acids is 1. The van der Waals surface area contributed by atoms with E-state index in [9.17, 15) is 4.79 Å². The summed E-state index contributed by atoms with van der Waals surface area (Å²) in [6.07, 6.45) is 1.44. The summed E-state index contributed by atoms with van der Waals surface area (Å²) in [6, 6.07) is 9.43. The van der Waals surface area contributed by atoms with E-state index in [1.165, 1.54) is 24.0 Å². The second-order valence-electron chi connectivity index (χ2n) is 4.68. The molecule has 3 aromatic rings. The average molecular weight is 384 g/mol. The Morgan fingerprint density at radius 2 is 2.13 bits per heavy atom. The van der Waals surface area contributed by atoms with Gasteiger partial charge in [-0.2, -0.15) is 0 Å². The molecule has 2 heterocycles. The molecule has 1 atom stereocenters. The van der Waals surface area contributed by atoms with Gasteiger partial charge in [0.15, 0.2) is 10.2 Å². The van der Waals surface area contributed by atoms with Gasteiger partial charge in [0, 0.05) is 6.20 Å². The first-order chi connectivity index (χ1) is 11.0. The van der Waals surface area contributed by atoms with Crippen molar-refractivity contribution in [3.63, 3.8) is 0 Å². The monoisotopic (exact) mass is 383 g/mol. The topological polar surface area (TPSA) is 54.9 Å². The quantitative estimate of drug-likeness (QED) is 0.635. The van der Waals surface area contributed by atoms with Crippen molar-refractivity contribution in [2.24, 2.45) is 0 Å². The lowest BCUT2D eigenvalue weighted by atomic mass is 10.3. The van der Waals surface area contributed by atoms with Gasteiger partial charge in [-0.3, -0.25) is 4.79 Å². The number of nitrogens with one attached hydrogen (secondary N) is 1. The van der Waals surface area contributed by atoms with Crippen molar-refractivity contribution >= 4 is 68.2 Å². The third-order valence-electron chi connectivity index (χ3n) is 2.97. The van der Waals surface area contributed by atoms with E-state index in [4.69, 9.17) is 23.2 Å². The zero-order valence-electron chi connectivity index (χ0n) is 11.9. The van der Waals surface area contributed by atoms with Crippen LogP contribution in [-0.4, -0.2) is 21.1 Å². The summed E-state index contributed by atoms with van der Waals surface area (Å²) in [4.78, 5) is 20.8. The molecule has 1 amide bonds. The second-order valence-corrected chi connectivity index (χ2v) is 8.14. The van der Waals surface area contributed by atoms with Gasteiger partial charge < -0.3 is 5.32 Å². The number of thioether (sulfide) groups is 1. The number of nitrogens with zero attached hydrogens (tertiary/aromatic N) is 2. The van der Waals surface area contributed by atoms with Crippen molar-refractivity contribution in [3.05, 3.63) is 46.6 Å². The van der Waals surface area contributed by atoms with E-state index in [1.807, 2.05) is 31.2 Å². The minimum absolute atomic E-state index is 0.189. The first-order valence-corrected chi connectivity index (χ1v) is 9.12. The molecular formula is C15H11Cl2N3OS2. The Hall–Kier alpha value is -1.34. The first kappa shape index (κ1) is 16.5. The number of anilines is 1. The molecule has 1 unspecified atom stereocenters. The first-order valence-electron chi connectivity index (χ1n) is 6.67. The summed E-state index contributed by atoms with van der Waals surface area (Å²) in [7, 11) is 0. The third-order valence-corrected chi connectivity index (χ3v) is 5.70. The fraction of sp³-hybridized carbons (Fsp3) is 0.133. The van der Waals surface area contributed by atoms with Crippen LogP contribution in [0, 0.1) is 0 Å². The highest BCUT2D eigenvalue weighted by Crippen LogP contribution is 2.32. The second kappa shape index (κ2) is 7.05. The molecule has 1 aromatic carbocycles. The Morgan fingerprint density at radius 1 is 1.35 bits per heavy atom. The number of hydrogen-bond acceptors (Lipinski definition) is 5. The average Bonchev–Trinajstić information content (AvgIpc) is 2.92. The molecule has 0 aliphatic heterocycles. The van der Waals surface area contributed by atoms with Crippen LogP contribution in [0.2, 0.25) is 10.0 Å². The number of amides is 1. The third kappa shape index (κ3) is 3.95. The summed E-state index contributed by atoms with van der Waals surface area (Å²) in [6.45, 7) is 1.82. The predicted molar refractivity (Wildman–Crippen MR) is 97.8 cm³/mol. The fourth-order valence-electron chi connectivity index (χ4n) is 1.83. The lowest BCUT2D eigenvalue weighted by molar-refractivity contribution is -0.115. The Balaban J connectivity index is 1.69. The molecule has 4 nitrogen and oxygen atoms in total. The van der Waals surface area contributed by atoms with Crippen LogP contribution in [0.3, 0.4) is 0 Å². The normalized spacial score (nSPS) is 12.3. The van der Waals surface area contributed by atoms with E-state index in [-0.39, 0.29) is 11.2 Å². The van der Waals surface area contributed by atoms with Crippen molar-refractivity contribution in [2.75, 3.05) is 5.32 Å². The highest BCUT2D eigenvalue weighted by Gasteiger charge is 2.18. The molecule has 23 heavy (non-hydrogen) atoms. The van der Waals surface area contributed by atoms with Crippen molar-refractivity contribution in [2.45, 2.75) is 16.5 Å². The van der Waals surface area contributed by atoms with Crippen LogP contribution in [0.1, 0.15) is 6.92 Å². The number of carbonyl (C=O) groups is 1. The van der Waals surface area contributed by atoms with Gasteiger partial charge in [-0.05, 0) is 25.1 Å². The van der Waals surface area contributed by atoms with E-state index in [2.05, 4.69) is 15.3 Å². The smallest absolute Gasteiger partial charge is 0.238 e. The van der Waals surface area contributed by atoms with Gasteiger partial charge in [-0.25, -0.2) is 9.97 Å². The van der Waals surface area contributed by atoms with Crippen LogP contribution < -0.4 is 5.32 Å². The highest BCUT2D eigenvalue weighted by atomic mass is 35.5. The van der Waals surface area contributed by atoms with Crippen LogP contribution in [0.5, 0.6) is 0 Å². The molecule has 0 radical (unpaired) electrons. The summed E-state index contributed by atoms with van der Waals surface area (Å²) in [5.74, 6) is 0.115. The van der Waals surface area contributed by atoms with Crippen LogP contribution in [0.15, 0.2) is 40.9 Å². The Bertz CT molecular complexity index is 836. The van der Waals surface area contributed by atoms with Gasteiger partial charge in [0.1, 0.15) is 0 Å². The van der Waals surface area contributed by atoms with Gasteiger partial charge in [-0.1, -0.05) is 47.1 Å². The molecule has 8 heteroatoms. The van der Waals surface area contributed by atoms with E-state index < -0.39 is 0 Å². The Kier molecular flexibility index (Phi) is 5.06. The molecule has 0 saturated carbocycles. The Labute approximate surface area is 151 Å². The van der Waals surface area contributed by atoms with Crippen molar-refractivity contribution < 1.29 is 4.79 Å². The molecule has 3 rings (SSSR count). The number of pyridine rings is 1.